The van der Waals surface area contributed by atoms with Gasteiger partial charge in [-0.15, -0.1) is 11.3 Å². The third-order valence-corrected chi connectivity index (χ3v) is 6.87. The summed E-state index contributed by atoms with van der Waals surface area (Å²) in [6.45, 7) is 0. The molecule has 0 atom stereocenters. The molecule has 0 bridgehead atoms. The molecule has 2 aromatic rings. The van der Waals surface area contributed by atoms with Crippen LogP contribution in [0.1, 0.15) is 5.56 Å². The summed E-state index contributed by atoms with van der Waals surface area (Å²) in [5, 5.41) is 9.27. The molecule has 0 spiro atoms. The highest BCUT2D eigenvalue weighted by molar-refractivity contribution is 9.11. The van der Waals surface area contributed by atoms with Crippen molar-refractivity contribution in [1.29, 1.82) is 5.26 Å². The van der Waals surface area contributed by atoms with Crippen molar-refractivity contribution in [3.8, 4) is 6.07 Å². The lowest BCUT2D eigenvalue weighted by atomic mass is 10.2. The summed E-state index contributed by atoms with van der Waals surface area (Å²) < 4.78 is 27.3. The van der Waals surface area contributed by atoms with Gasteiger partial charge in [-0.05, 0) is 40.2 Å². The molecule has 0 saturated heterocycles. The number of nitrogens with one attached hydrogen (secondary N) is 1. The van der Waals surface area contributed by atoms with E-state index in [1.165, 1.54) is 24.3 Å². The lowest BCUT2D eigenvalue weighted by molar-refractivity contribution is 0.603. The van der Waals surface area contributed by atoms with E-state index in [9.17, 15) is 8.42 Å². The second-order valence-electron chi connectivity index (χ2n) is 3.60. The summed E-state index contributed by atoms with van der Waals surface area (Å²) in [6.07, 6.45) is 0. The Balaban J connectivity index is 2.34. The SMILES string of the molecule is N#Cc1ccc(NS(=O)(=O)c2cc(Cl)c(Br)s2)cc1Cl. The fourth-order valence-corrected chi connectivity index (χ4v) is 5.00. The molecule has 0 aliphatic heterocycles. The van der Waals surface area contributed by atoms with Crippen molar-refractivity contribution in [2.24, 2.45) is 0 Å². The van der Waals surface area contributed by atoms with E-state index in [-0.39, 0.29) is 20.5 Å². The maximum atomic E-state index is 12.1. The number of hydrogen-bond donors (Lipinski definition) is 1. The molecule has 1 N–H and O–H groups in total. The van der Waals surface area contributed by atoms with Crippen LogP contribution in [0.25, 0.3) is 0 Å². The minimum atomic E-state index is -3.74. The first-order valence-electron chi connectivity index (χ1n) is 5.01. The van der Waals surface area contributed by atoms with Crippen molar-refractivity contribution in [2.45, 2.75) is 4.21 Å². The average Bonchev–Trinajstić information content (AvgIpc) is 2.70. The second kappa shape index (κ2) is 5.92. The van der Waals surface area contributed by atoms with E-state index in [2.05, 4.69) is 20.7 Å². The Kier molecular flexibility index (Phi) is 4.62. The number of nitrogens with zero attached hydrogens (tertiary/aromatic N) is 1. The largest absolute Gasteiger partial charge is 0.279 e. The summed E-state index contributed by atoms with van der Waals surface area (Å²) >= 11 is 15.8. The van der Waals surface area contributed by atoms with Crippen LogP contribution >= 0.6 is 50.5 Å². The van der Waals surface area contributed by atoms with E-state index < -0.39 is 10.0 Å². The predicted molar refractivity (Wildman–Crippen MR) is 84.0 cm³/mol. The number of hydrogen-bond acceptors (Lipinski definition) is 4. The van der Waals surface area contributed by atoms with E-state index in [1.807, 2.05) is 6.07 Å². The first-order valence-corrected chi connectivity index (χ1v) is 8.85. The fourth-order valence-electron chi connectivity index (χ4n) is 1.33. The topological polar surface area (TPSA) is 70.0 Å². The summed E-state index contributed by atoms with van der Waals surface area (Å²) in [6, 6.07) is 7.53. The van der Waals surface area contributed by atoms with E-state index in [1.54, 1.807) is 0 Å². The highest BCUT2D eigenvalue weighted by Crippen LogP contribution is 2.35. The molecule has 4 nitrogen and oxygen atoms in total. The van der Waals surface area contributed by atoms with Crippen LogP contribution in [0.2, 0.25) is 10.0 Å². The lowest BCUT2D eigenvalue weighted by Gasteiger charge is -2.06. The molecule has 1 heterocycles. The van der Waals surface area contributed by atoms with Gasteiger partial charge in [0.2, 0.25) is 0 Å². The fraction of sp³-hybridized carbons (Fsp3) is 0. The number of halogens is 3. The Hall–Kier alpha value is -0.780. The van der Waals surface area contributed by atoms with Crippen LogP contribution < -0.4 is 4.72 Å². The molecule has 9 heteroatoms. The molecule has 1 aromatic heterocycles. The molecule has 0 unspecified atom stereocenters. The first kappa shape index (κ1) is 15.6. The van der Waals surface area contributed by atoms with E-state index in [0.717, 1.165) is 11.3 Å². The van der Waals surface area contributed by atoms with Gasteiger partial charge in [-0.2, -0.15) is 5.26 Å². The molecular weight excluding hydrogens is 407 g/mol. The molecule has 0 radical (unpaired) electrons. The van der Waals surface area contributed by atoms with Crippen LogP contribution in [-0.4, -0.2) is 8.42 Å². The second-order valence-corrected chi connectivity index (χ2v) is 8.69. The number of rotatable bonds is 3. The minimum Gasteiger partial charge on any atom is -0.279 e. The molecule has 2 rings (SSSR count). The van der Waals surface area contributed by atoms with Crippen LogP contribution in [0, 0.1) is 11.3 Å². The van der Waals surface area contributed by atoms with Crippen molar-refractivity contribution in [3.05, 3.63) is 43.7 Å². The quantitative estimate of drug-likeness (QED) is 0.808. The highest BCUT2D eigenvalue weighted by Gasteiger charge is 2.19. The Morgan fingerprint density at radius 2 is 1.95 bits per heavy atom. The number of benzene rings is 1. The molecule has 1 aromatic carbocycles. The monoisotopic (exact) mass is 410 g/mol. The van der Waals surface area contributed by atoms with E-state index in [0.29, 0.717) is 8.81 Å². The number of anilines is 1. The van der Waals surface area contributed by atoms with Gasteiger partial charge in [-0.3, -0.25) is 4.72 Å². The van der Waals surface area contributed by atoms with Gasteiger partial charge in [0.15, 0.2) is 0 Å². The zero-order valence-electron chi connectivity index (χ0n) is 9.52. The molecule has 0 aliphatic rings. The van der Waals surface area contributed by atoms with Gasteiger partial charge in [-0.25, -0.2) is 8.42 Å². The van der Waals surface area contributed by atoms with Gasteiger partial charge >= 0.3 is 0 Å². The van der Waals surface area contributed by atoms with Crippen molar-refractivity contribution < 1.29 is 8.42 Å². The Labute approximate surface area is 138 Å². The highest BCUT2D eigenvalue weighted by atomic mass is 79.9. The van der Waals surface area contributed by atoms with Crippen molar-refractivity contribution in [1.82, 2.24) is 0 Å². The number of nitriles is 1. The number of sulfonamides is 1. The molecule has 0 amide bonds. The van der Waals surface area contributed by atoms with Crippen LogP contribution in [0.5, 0.6) is 0 Å². The summed E-state index contributed by atoms with van der Waals surface area (Å²) in [7, 11) is -3.74. The van der Waals surface area contributed by atoms with Crippen molar-refractivity contribution in [3.63, 3.8) is 0 Å². The summed E-state index contributed by atoms with van der Waals surface area (Å²) in [5.41, 5.74) is 0.547. The molecule has 0 saturated carbocycles. The Morgan fingerprint density at radius 1 is 1.25 bits per heavy atom. The predicted octanol–water partition coefficient (Wildman–Crippen LogP) is 4.49. The third-order valence-electron chi connectivity index (χ3n) is 2.23. The molecule has 0 fully saturated rings. The number of thiophene rings is 1. The van der Waals surface area contributed by atoms with Crippen LogP contribution in [0.4, 0.5) is 5.69 Å². The lowest BCUT2D eigenvalue weighted by Crippen LogP contribution is -2.11. The Bertz CT molecular complexity index is 793. The first-order chi connectivity index (χ1) is 9.33. The maximum Gasteiger partial charge on any atom is 0.271 e. The van der Waals surface area contributed by atoms with Gasteiger partial charge in [0, 0.05) is 0 Å². The van der Waals surface area contributed by atoms with Crippen LogP contribution in [0.3, 0.4) is 0 Å². The van der Waals surface area contributed by atoms with Gasteiger partial charge in [0.1, 0.15) is 10.3 Å². The summed E-state index contributed by atoms with van der Waals surface area (Å²) in [4.78, 5) is 0. The molecule has 20 heavy (non-hydrogen) atoms. The Morgan fingerprint density at radius 3 is 2.45 bits per heavy atom. The third kappa shape index (κ3) is 3.27. The van der Waals surface area contributed by atoms with E-state index in [4.69, 9.17) is 28.5 Å². The zero-order chi connectivity index (χ0) is 14.9. The van der Waals surface area contributed by atoms with Crippen LogP contribution in [-0.2, 0) is 10.0 Å². The maximum absolute atomic E-state index is 12.1. The summed E-state index contributed by atoms with van der Waals surface area (Å²) in [5.74, 6) is 0. The molecule has 0 aliphatic carbocycles. The van der Waals surface area contributed by atoms with Crippen molar-refractivity contribution in [2.75, 3.05) is 4.72 Å². The normalized spacial score (nSPS) is 11.1. The zero-order valence-corrected chi connectivity index (χ0v) is 14.3. The van der Waals surface area contributed by atoms with E-state index >= 15 is 0 Å². The average molecular weight is 412 g/mol. The smallest absolute Gasteiger partial charge is 0.271 e. The molecule has 104 valence electrons. The van der Waals surface area contributed by atoms with Gasteiger partial charge in [-0.1, -0.05) is 23.2 Å². The van der Waals surface area contributed by atoms with Gasteiger partial charge < -0.3 is 0 Å². The molecular formula is C11H5BrCl2N2O2S2. The van der Waals surface area contributed by atoms with Gasteiger partial charge in [0.25, 0.3) is 10.0 Å². The van der Waals surface area contributed by atoms with Crippen molar-refractivity contribution >= 4 is 66.2 Å². The minimum absolute atomic E-state index is 0.0786. The standard InChI is InChI=1S/C11H5BrCl2N2O2S2/c12-11-9(14)4-10(19-11)20(17,18)16-7-2-1-6(5-15)8(13)3-7/h1-4,16H. The van der Waals surface area contributed by atoms with Crippen LogP contribution in [0.15, 0.2) is 32.3 Å². The van der Waals surface area contributed by atoms with Gasteiger partial charge in [0.05, 0.1) is 25.1 Å².